The molecule has 236 valence electrons. The van der Waals surface area contributed by atoms with Crippen molar-refractivity contribution in [1.29, 1.82) is 5.26 Å². The Balaban J connectivity index is 1.21. The summed E-state index contributed by atoms with van der Waals surface area (Å²) in [4.78, 5) is 6.30. The summed E-state index contributed by atoms with van der Waals surface area (Å²) in [5.74, 6) is 2.46. The highest BCUT2D eigenvalue weighted by molar-refractivity contribution is 5.72. The van der Waals surface area contributed by atoms with Crippen LogP contribution < -0.4 is 4.90 Å². The van der Waals surface area contributed by atoms with E-state index in [1.54, 1.807) is 5.56 Å². The van der Waals surface area contributed by atoms with Crippen molar-refractivity contribution in [2.45, 2.75) is 128 Å². The number of nitriles is 1. The van der Waals surface area contributed by atoms with Gasteiger partial charge in [0.05, 0.1) is 12.6 Å². The molecule has 7 aliphatic rings. The van der Waals surface area contributed by atoms with Crippen LogP contribution in [0.1, 0.15) is 134 Å². The number of allylic oxidation sites excluding steroid dienone is 6. The van der Waals surface area contributed by atoms with E-state index in [1.165, 1.54) is 94.0 Å². The average Bonchev–Trinajstić information content (AvgIpc) is 3.44. The van der Waals surface area contributed by atoms with Crippen molar-refractivity contribution in [3.63, 3.8) is 0 Å². The quantitative estimate of drug-likeness (QED) is 0.177. The number of unbranched alkanes of at least 4 members (excludes halogenated alkanes) is 2. The van der Waals surface area contributed by atoms with Gasteiger partial charge in [-0.05, 0) is 139 Å². The standard InChI is InChI=1S/C41H51N3O/c1-6-7-8-14-40-15-18-41(19-16-40,20-17-40)36-26-30(35(27-42)43-5)25-32(45-36)12-11-29-23-33-37-34(24-29)39(4)13-9-10-31(39)28-44(37)22-21-38(33,2)3/h11-12,23-26,31H,6-10,13-22,28H2,1-4H3/b12-11+,35-30+. The SMILES string of the molecule is [C-]#[N+]/C(C#N)=C1C=C(/C=C/c2cc3c4c(c2)C2(C)CCCC2CN4CCC3(C)C)OC(C23CCC(CCCCC)(CC2)CC3)=C\1. The molecule has 2 atom stereocenters. The van der Waals surface area contributed by atoms with Gasteiger partial charge >= 0.3 is 0 Å². The molecule has 2 unspecified atom stereocenters. The molecule has 4 heteroatoms. The highest BCUT2D eigenvalue weighted by Gasteiger charge is 2.52. The first kappa shape index (κ1) is 30.4. The van der Waals surface area contributed by atoms with Gasteiger partial charge in [0.2, 0.25) is 0 Å². The Morgan fingerprint density at radius 3 is 2.49 bits per heavy atom. The molecule has 0 radical (unpaired) electrons. The van der Waals surface area contributed by atoms with Gasteiger partial charge in [-0.1, -0.05) is 59.5 Å². The van der Waals surface area contributed by atoms with E-state index in [-0.39, 0.29) is 21.9 Å². The predicted octanol–water partition coefficient (Wildman–Crippen LogP) is 10.7. The molecule has 4 saturated carbocycles. The van der Waals surface area contributed by atoms with Gasteiger partial charge in [0.15, 0.2) is 0 Å². The average molecular weight is 602 g/mol. The van der Waals surface area contributed by atoms with Crippen LogP contribution >= 0.6 is 0 Å². The number of hydrogen-bond donors (Lipinski definition) is 0. The normalized spacial score (nSPS) is 33.8. The fourth-order valence-electron chi connectivity index (χ4n) is 10.1. The molecule has 0 amide bonds. The van der Waals surface area contributed by atoms with Crippen LogP contribution in [0, 0.1) is 34.7 Å². The first-order chi connectivity index (χ1) is 21.6. The Hall–Kier alpha value is -3.24. The second kappa shape index (κ2) is 11.2. The van der Waals surface area contributed by atoms with Gasteiger partial charge in [-0.2, -0.15) is 0 Å². The fraction of sp³-hybridized carbons (Fsp3) is 0.610. The summed E-state index contributed by atoms with van der Waals surface area (Å²) >= 11 is 0. The summed E-state index contributed by atoms with van der Waals surface area (Å²) in [5.41, 5.74) is 7.56. The number of anilines is 1. The van der Waals surface area contributed by atoms with E-state index in [0.29, 0.717) is 11.0 Å². The molecule has 3 aliphatic heterocycles. The number of ether oxygens (including phenoxy) is 1. The van der Waals surface area contributed by atoms with Gasteiger partial charge < -0.3 is 9.64 Å². The summed E-state index contributed by atoms with van der Waals surface area (Å²) in [6, 6.07) is 7.06. The van der Waals surface area contributed by atoms with Crippen molar-refractivity contribution in [3.05, 3.63) is 81.3 Å². The van der Waals surface area contributed by atoms with E-state index < -0.39 is 0 Å². The summed E-state index contributed by atoms with van der Waals surface area (Å²) in [6.45, 7) is 19.7. The second-order valence-electron chi connectivity index (χ2n) is 16.3. The zero-order chi connectivity index (χ0) is 31.5. The van der Waals surface area contributed by atoms with Crippen LogP contribution in [-0.2, 0) is 15.6 Å². The number of nitrogens with zero attached hydrogens (tertiary/aromatic N) is 3. The lowest BCUT2D eigenvalue weighted by molar-refractivity contribution is -0.0195. The number of rotatable bonds is 7. The molecule has 1 aromatic rings. The molecule has 1 aromatic carbocycles. The largest absolute Gasteiger partial charge is 0.461 e. The third-order valence-corrected chi connectivity index (χ3v) is 13.4. The highest BCUT2D eigenvalue weighted by Crippen LogP contribution is 2.62. The van der Waals surface area contributed by atoms with Crippen LogP contribution in [0.3, 0.4) is 0 Å². The minimum absolute atomic E-state index is 0.0171. The molecule has 4 aliphatic carbocycles. The van der Waals surface area contributed by atoms with Gasteiger partial charge in [0.1, 0.15) is 11.5 Å². The number of benzene rings is 1. The Kier molecular flexibility index (Phi) is 7.59. The maximum atomic E-state index is 9.84. The Bertz CT molecular complexity index is 1550. The molecule has 0 N–H and O–H groups in total. The van der Waals surface area contributed by atoms with Gasteiger partial charge in [-0.3, -0.25) is 0 Å². The zero-order valence-electron chi connectivity index (χ0n) is 28.1. The minimum atomic E-state index is 0.0171. The molecular formula is C41H51N3O. The van der Waals surface area contributed by atoms with Crippen LogP contribution in [0.15, 0.2) is 53.1 Å². The predicted molar refractivity (Wildman–Crippen MR) is 183 cm³/mol. The van der Waals surface area contributed by atoms with E-state index in [0.717, 1.165) is 43.2 Å². The van der Waals surface area contributed by atoms with Gasteiger partial charge in [0.25, 0.3) is 5.70 Å². The third-order valence-electron chi connectivity index (χ3n) is 13.4. The van der Waals surface area contributed by atoms with Crippen molar-refractivity contribution < 1.29 is 4.74 Å². The maximum absolute atomic E-state index is 9.84. The minimum Gasteiger partial charge on any atom is -0.461 e. The Morgan fingerprint density at radius 2 is 1.78 bits per heavy atom. The lowest BCUT2D eigenvalue weighted by Crippen LogP contribution is -2.48. The summed E-state index contributed by atoms with van der Waals surface area (Å²) in [7, 11) is 0. The Labute approximate surface area is 271 Å². The Morgan fingerprint density at radius 1 is 1.02 bits per heavy atom. The van der Waals surface area contributed by atoms with Crippen molar-refractivity contribution in [2.75, 3.05) is 18.0 Å². The first-order valence-electron chi connectivity index (χ1n) is 17.9. The van der Waals surface area contributed by atoms with E-state index in [4.69, 9.17) is 11.3 Å². The lowest BCUT2D eigenvalue weighted by atomic mass is 9.52. The van der Waals surface area contributed by atoms with E-state index in [1.807, 2.05) is 12.2 Å². The molecule has 3 heterocycles. The van der Waals surface area contributed by atoms with E-state index in [2.05, 4.69) is 67.8 Å². The molecule has 0 aromatic heterocycles. The summed E-state index contributed by atoms with van der Waals surface area (Å²) in [5, 5.41) is 9.84. The lowest BCUT2D eigenvalue weighted by Gasteiger charge is -2.54. The molecule has 2 bridgehead atoms. The van der Waals surface area contributed by atoms with Crippen molar-refractivity contribution in [1.82, 2.24) is 0 Å². The molecule has 0 saturated heterocycles. The second-order valence-corrected chi connectivity index (χ2v) is 16.3. The van der Waals surface area contributed by atoms with Crippen LogP contribution in [-0.4, -0.2) is 13.1 Å². The molecule has 0 spiro atoms. The summed E-state index contributed by atoms with van der Waals surface area (Å²) in [6.07, 6.45) is 26.0. The topological polar surface area (TPSA) is 40.6 Å². The van der Waals surface area contributed by atoms with Crippen LogP contribution in [0.25, 0.3) is 10.9 Å². The summed E-state index contributed by atoms with van der Waals surface area (Å²) < 4.78 is 6.78. The number of fused-ring (bicyclic) bond motifs is 5. The van der Waals surface area contributed by atoms with E-state index in [9.17, 15) is 5.26 Å². The van der Waals surface area contributed by atoms with Crippen LogP contribution in [0.4, 0.5) is 5.69 Å². The molecule has 4 nitrogen and oxygen atoms in total. The number of hydrogen-bond acceptors (Lipinski definition) is 3. The molecule has 8 rings (SSSR count). The molecule has 4 fully saturated rings. The van der Waals surface area contributed by atoms with Crippen molar-refractivity contribution in [2.24, 2.45) is 16.7 Å². The van der Waals surface area contributed by atoms with Gasteiger partial charge in [-0.25, -0.2) is 10.1 Å². The van der Waals surface area contributed by atoms with Gasteiger partial charge in [-0.15, -0.1) is 0 Å². The first-order valence-corrected chi connectivity index (χ1v) is 17.9. The smallest absolute Gasteiger partial charge is 0.269 e. The zero-order valence-corrected chi connectivity index (χ0v) is 28.1. The van der Waals surface area contributed by atoms with Crippen molar-refractivity contribution in [3.8, 4) is 6.07 Å². The van der Waals surface area contributed by atoms with E-state index >= 15 is 0 Å². The highest BCUT2D eigenvalue weighted by atomic mass is 16.5. The fourth-order valence-corrected chi connectivity index (χ4v) is 10.1. The molecular weight excluding hydrogens is 550 g/mol. The van der Waals surface area contributed by atoms with Gasteiger partial charge in [0, 0.05) is 24.2 Å². The molecule has 45 heavy (non-hydrogen) atoms. The monoisotopic (exact) mass is 601 g/mol. The third kappa shape index (κ3) is 5.08. The van der Waals surface area contributed by atoms with Crippen LogP contribution in [0.2, 0.25) is 0 Å². The van der Waals surface area contributed by atoms with Crippen molar-refractivity contribution >= 4 is 11.8 Å². The maximum Gasteiger partial charge on any atom is 0.269 e. The van der Waals surface area contributed by atoms with Crippen LogP contribution in [0.5, 0.6) is 0 Å².